The Morgan fingerprint density at radius 2 is 1.32 bits per heavy atom. The number of halogens is 2. The molecule has 2 aromatic carbocycles. The number of nitrogens with one attached hydrogen (secondary N) is 1. The fraction of sp³-hybridized carbons (Fsp3) is 0.400. The van der Waals surface area contributed by atoms with E-state index in [-0.39, 0.29) is 12.2 Å². The Bertz CT molecular complexity index is 647. The summed E-state index contributed by atoms with van der Waals surface area (Å²) < 4.78 is 5.84. The Morgan fingerprint density at radius 1 is 0.920 bits per heavy atom. The summed E-state index contributed by atoms with van der Waals surface area (Å²) in [5, 5.41) is 13.0. The summed E-state index contributed by atoms with van der Waals surface area (Å²) in [5.74, 6) is 0. The molecule has 0 aliphatic carbocycles. The van der Waals surface area contributed by atoms with Gasteiger partial charge < -0.3 is 14.7 Å². The zero-order valence-corrected chi connectivity index (χ0v) is 16.0. The molecule has 134 valence electrons. The van der Waals surface area contributed by atoms with Crippen LogP contribution in [0.15, 0.2) is 48.5 Å². The van der Waals surface area contributed by atoms with Gasteiger partial charge >= 0.3 is 0 Å². The van der Waals surface area contributed by atoms with Crippen molar-refractivity contribution in [3.8, 4) is 0 Å². The molecule has 0 aromatic heterocycles. The minimum atomic E-state index is -1.11. The van der Waals surface area contributed by atoms with Crippen LogP contribution in [0, 0.1) is 0 Å². The molecule has 3 nitrogen and oxygen atoms in total. The molecular formula is C20H24Cl2NO2+. The molecule has 3 rings (SSSR count). The first-order valence-electron chi connectivity index (χ1n) is 8.60. The maximum Gasteiger partial charge on any atom is 0.163 e. The quantitative estimate of drug-likeness (QED) is 0.854. The smallest absolute Gasteiger partial charge is 0.163 e. The van der Waals surface area contributed by atoms with Gasteiger partial charge in [-0.15, -0.1) is 0 Å². The Labute approximate surface area is 159 Å². The molecular weight excluding hydrogens is 357 g/mol. The zero-order chi connectivity index (χ0) is 18.0. The Kier molecular flexibility index (Phi) is 5.71. The maximum atomic E-state index is 11.7. The van der Waals surface area contributed by atoms with E-state index in [9.17, 15) is 5.11 Å². The van der Waals surface area contributed by atoms with Gasteiger partial charge in [-0.2, -0.15) is 0 Å². The first-order chi connectivity index (χ1) is 11.9. The van der Waals surface area contributed by atoms with Crippen LogP contribution in [0.5, 0.6) is 0 Å². The number of benzene rings is 2. The number of rotatable bonds is 4. The standard InChI is InChI=1S/C20H23Cl2NO2/c1-14-11-23(12-15(2)25-14)13-20(24,16-3-7-18(21)8-4-16)17-5-9-19(22)10-6-17/h3-10,14-15,24H,11-13H2,1-2H3/p+1/t14-,15+. The molecule has 1 aliphatic rings. The van der Waals surface area contributed by atoms with Crippen LogP contribution in [0.1, 0.15) is 25.0 Å². The van der Waals surface area contributed by atoms with Gasteiger partial charge in [-0.05, 0) is 49.2 Å². The largest absolute Gasteiger partial charge is 0.375 e. The summed E-state index contributed by atoms with van der Waals surface area (Å²) in [6.07, 6.45) is 0.358. The van der Waals surface area contributed by atoms with E-state index in [1.807, 2.05) is 48.5 Å². The second kappa shape index (κ2) is 7.65. The van der Waals surface area contributed by atoms with Crippen molar-refractivity contribution in [2.75, 3.05) is 19.6 Å². The van der Waals surface area contributed by atoms with E-state index in [0.717, 1.165) is 24.2 Å². The van der Waals surface area contributed by atoms with Crippen molar-refractivity contribution in [3.63, 3.8) is 0 Å². The molecule has 5 heteroatoms. The Balaban J connectivity index is 1.96. The van der Waals surface area contributed by atoms with Crippen LogP contribution in [0.3, 0.4) is 0 Å². The lowest BCUT2D eigenvalue weighted by molar-refractivity contribution is -0.921. The summed E-state index contributed by atoms with van der Waals surface area (Å²) in [5.41, 5.74) is 0.554. The van der Waals surface area contributed by atoms with Crippen LogP contribution >= 0.6 is 23.2 Å². The average Bonchev–Trinajstić information content (AvgIpc) is 2.55. The van der Waals surface area contributed by atoms with Gasteiger partial charge in [0.05, 0.1) is 0 Å². The van der Waals surface area contributed by atoms with Gasteiger partial charge in [0.2, 0.25) is 0 Å². The average molecular weight is 381 g/mol. The molecule has 1 heterocycles. The molecule has 2 N–H and O–H groups in total. The van der Waals surface area contributed by atoms with E-state index in [2.05, 4.69) is 13.8 Å². The minimum Gasteiger partial charge on any atom is -0.375 e. The molecule has 1 saturated heterocycles. The fourth-order valence-corrected chi connectivity index (χ4v) is 3.97. The van der Waals surface area contributed by atoms with Gasteiger partial charge in [0.1, 0.15) is 31.8 Å². The lowest BCUT2D eigenvalue weighted by Crippen LogP contribution is -3.17. The van der Waals surface area contributed by atoms with E-state index < -0.39 is 5.60 Å². The second-order valence-corrected chi connectivity index (χ2v) is 7.84. The Hall–Kier alpha value is -1.10. The van der Waals surface area contributed by atoms with Crippen molar-refractivity contribution in [2.45, 2.75) is 31.7 Å². The van der Waals surface area contributed by atoms with Gasteiger partial charge in [-0.3, -0.25) is 0 Å². The number of quaternary nitrogens is 1. The van der Waals surface area contributed by atoms with Crippen LogP contribution in [0.25, 0.3) is 0 Å². The highest BCUT2D eigenvalue weighted by Gasteiger charge is 2.39. The molecule has 0 saturated carbocycles. The topological polar surface area (TPSA) is 33.9 Å². The number of ether oxygens (including phenoxy) is 1. The molecule has 1 aliphatic heterocycles. The second-order valence-electron chi connectivity index (χ2n) is 6.97. The van der Waals surface area contributed by atoms with Gasteiger partial charge in [0, 0.05) is 10.0 Å². The fourth-order valence-electron chi connectivity index (χ4n) is 3.72. The number of morpholine rings is 1. The zero-order valence-electron chi connectivity index (χ0n) is 14.5. The number of hydrogen-bond donors (Lipinski definition) is 2. The molecule has 0 spiro atoms. The third-order valence-corrected chi connectivity index (χ3v) is 5.27. The Morgan fingerprint density at radius 3 is 1.72 bits per heavy atom. The van der Waals surface area contributed by atoms with Gasteiger partial charge in [0.25, 0.3) is 0 Å². The molecule has 25 heavy (non-hydrogen) atoms. The van der Waals surface area contributed by atoms with Crippen molar-refractivity contribution in [1.82, 2.24) is 0 Å². The SMILES string of the molecule is C[C@@H]1C[NH+](CC(O)(c2ccc(Cl)cc2)c2ccc(Cl)cc2)C[C@H](C)O1. The van der Waals surface area contributed by atoms with Crippen molar-refractivity contribution in [2.24, 2.45) is 0 Å². The monoisotopic (exact) mass is 380 g/mol. The van der Waals surface area contributed by atoms with E-state index in [4.69, 9.17) is 27.9 Å². The van der Waals surface area contributed by atoms with Crippen LogP contribution < -0.4 is 4.90 Å². The summed E-state index contributed by atoms with van der Waals surface area (Å²) in [6.45, 7) is 6.47. The maximum absolute atomic E-state index is 11.7. The molecule has 1 unspecified atom stereocenters. The minimum absolute atomic E-state index is 0.179. The van der Waals surface area contributed by atoms with Gasteiger partial charge in [-0.25, -0.2) is 0 Å². The third-order valence-electron chi connectivity index (χ3n) is 4.77. The molecule has 2 aromatic rings. The molecule has 0 amide bonds. The van der Waals surface area contributed by atoms with E-state index in [1.165, 1.54) is 4.90 Å². The van der Waals surface area contributed by atoms with Crippen LogP contribution in [-0.4, -0.2) is 36.9 Å². The predicted molar refractivity (Wildman–Crippen MR) is 101 cm³/mol. The number of aliphatic hydroxyl groups is 1. The highest BCUT2D eigenvalue weighted by molar-refractivity contribution is 6.30. The normalized spacial score (nSPS) is 24.3. The first-order valence-corrected chi connectivity index (χ1v) is 9.36. The van der Waals surface area contributed by atoms with Crippen molar-refractivity contribution in [3.05, 3.63) is 69.7 Å². The number of hydrogen-bond acceptors (Lipinski definition) is 2. The molecule has 3 atom stereocenters. The highest BCUT2D eigenvalue weighted by atomic mass is 35.5. The third kappa shape index (κ3) is 4.36. The van der Waals surface area contributed by atoms with E-state index >= 15 is 0 Å². The lowest BCUT2D eigenvalue weighted by atomic mass is 9.85. The van der Waals surface area contributed by atoms with Crippen LogP contribution in [0.4, 0.5) is 0 Å². The van der Waals surface area contributed by atoms with E-state index in [1.54, 1.807) is 0 Å². The summed E-state index contributed by atoms with van der Waals surface area (Å²) in [7, 11) is 0. The summed E-state index contributed by atoms with van der Waals surface area (Å²) in [4.78, 5) is 1.32. The highest BCUT2D eigenvalue weighted by Crippen LogP contribution is 2.30. The van der Waals surface area contributed by atoms with E-state index in [0.29, 0.717) is 16.6 Å². The van der Waals surface area contributed by atoms with Crippen molar-refractivity contribution in [1.29, 1.82) is 0 Å². The van der Waals surface area contributed by atoms with Crippen LogP contribution in [0.2, 0.25) is 10.0 Å². The van der Waals surface area contributed by atoms with Crippen molar-refractivity contribution < 1.29 is 14.7 Å². The van der Waals surface area contributed by atoms with Crippen molar-refractivity contribution >= 4 is 23.2 Å². The predicted octanol–water partition coefficient (Wildman–Crippen LogP) is 2.92. The summed E-state index contributed by atoms with van der Waals surface area (Å²) >= 11 is 12.1. The lowest BCUT2D eigenvalue weighted by Gasteiger charge is -2.38. The van der Waals surface area contributed by atoms with Gasteiger partial charge in [0.15, 0.2) is 5.60 Å². The summed E-state index contributed by atoms with van der Waals surface area (Å²) in [6, 6.07) is 14.8. The van der Waals surface area contributed by atoms with Crippen LogP contribution in [-0.2, 0) is 10.3 Å². The van der Waals surface area contributed by atoms with Gasteiger partial charge in [-0.1, -0.05) is 47.5 Å². The first kappa shape index (κ1) is 18.7. The molecule has 0 radical (unpaired) electrons. The molecule has 1 fully saturated rings. The molecule has 0 bridgehead atoms.